The van der Waals surface area contributed by atoms with Crippen LogP contribution >= 0.6 is 0 Å². The van der Waals surface area contributed by atoms with E-state index >= 15 is 0 Å². The maximum absolute atomic E-state index is 14.3. The average molecular weight is 1190 g/mol. The first-order chi connectivity index (χ1) is 41.2. The molecule has 0 aliphatic carbocycles. The first-order valence-corrected chi connectivity index (χ1v) is 30.1. The summed E-state index contributed by atoms with van der Waals surface area (Å²) in [7, 11) is 1.52. The van der Waals surface area contributed by atoms with E-state index < -0.39 is 36.5 Å². The molecule has 21 nitrogen and oxygen atoms in total. The summed E-state index contributed by atoms with van der Waals surface area (Å²) >= 11 is 0. The van der Waals surface area contributed by atoms with E-state index in [2.05, 4.69) is 23.8 Å². The molecule has 2 saturated heterocycles. The quantitative estimate of drug-likeness (QED) is 0.0262. The van der Waals surface area contributed by atoms with E-state index in [1.807, 2.05) is 20.8 Å². The zero-order valence-electron chi connectivity index (χ0n) is 49.9. The number of methoxy groups -OCH3 is 1. The van der Waals surface area contributed by atoms with Crippen LogP contribution in [0.15, 0.2) is 85.0 Å². The van der Waals surface area contributed by atoms with Crippen molar-refractivity contribution in [1.82, 2.24) is 25.3 Å². The van der Waals surface area contributed by atoms with E-state index in [1.165, 1.54) is 29.1 Å². The van der Waals surface area contributed by atoms with Gasteiger partial charge in [-0.2, -0.15) is 0 Å². The van der Waals surface area contributed by atoms with Crippen molar-refractivity contribution in [2.24, 2.45) is 17.6 Å². The number of primary amides is 1. The van der Waals surface area contributed by atoms with Crippen LogP contribution in [0, 0.1) is 18.8 Å². The van der Waals surface area contributed by atoms with Crippen LogP contribution in [0.3, 0.4) is 0 Å². The van der Waals surface area contributed by atoms with Gasteiger partial charge in [-0.3, -0.25) is 33.7 Å². The number of fused-ring (bicyclic) bond motifs is 4. The third-order valence-electron chi connectivity index (χ3n) is 16.9. The number of hydrogen-bond donors (Lipinski definition) is 5. The number of carbonyl (C=O) groups excluding carboxylic acids is 8. The van der Waals surface area contributed by atoms with Crippen LogP contribution in [0.5, 0.6) is 17.2 Å². The molecule has 0 radical (unpaired) electrons. The molecule has 5 heterocycles. The van der Waals surface area contributed by atoms with Gasteiger partial charge in [0.05, 0.1) is 55.8 Å². The Morgan fingerprint density at radius 3 is 2.01 bits per heavy atom. The lowest BCUT2D eigenvalue weighted by atomic mass is 9.88. The predicted octanol–water partition coefficient (Wildman–Crippen LogP) is 7.15. The number of ketones is 1. The number of hydrogen-bond acceptors (Lipinski definition) is 14. The SMILES string of the molecule is C=C1C[C@H]2[C@H](O)Cc3cc(OCCCCCOc4cc5c(cc4C)C(=O)N4CC(=C)C[C@H]4[C@H](O)N5C(=O)OCc4ccc(CC(=O)[C@H](CCCNC(N)=O)NC(=O)[C@@H](CCCCCCCN5C(=O)C=CC5=O)C(C)C)cc4)c(OC)cc3C(=O)N2C1. The molecule has 5 aliphatic heterocycles. The minimum Gasteiger partial charge on any atom is -0.493 e. The van der Waals surface area contributed by atoms with Crippen LogP contribution in [-0.2, 0) is 43.4 Å². The normalized spacial score (nSPS) is 19.6. The van der Waals surface area contributed by atoms with E-state index in [9.17, 15) is 48.6 Å². The summed E-state index contributed by atoms with van der Waals surface area (Å²) in [5, 5.41) is 28.5. The Bertz CT molecular complexity index is 3070. The third-order valence-corrected chi connectivity index (χ3v) is 16.9. The van der Waals surface area contributed by atoms with Crippen LogP contribution in [0.2, 0.25) is 0 Å². The number of aryl methyl sites for hydroxylation is 1. The van der Waals surface area contributed by atoms with Gasteiger partial charge in [-0.05, 0) is 111 Å². The molecule has 3 aromatic rings. The maximum atomic E-state index is 14.3. The van der Waals surface area contributed by atoms with Gasteiger partial charge < -0.3 is 55.3 Å². The average Bonchev–Trinajstić information content (AvgIpc) is 2.08. The van der Waals surface area contributed by atoms with Crippen LogP contribution in [0.25, 0.3) is 0 Å². The summed E-state index contributed by atoms with van der Waals surface area (Å²) < 4.78 is 23.9. The maximum Gasteiger partial charge on any atom is 0.416 e. The van der Waals surface area contributed by atoms with E-state index in [-0.39, 0.29) is 103 Å². The van der Waals surface area contributed by atoms with Crippen molar-refractivity contribution in [3.63, 3.8) is 0 Å². The molecule has 21 heteroatoms. The molecule has 0 saturated carbocycles. The van der Waals surface area contributed by atoms with Crippen molar-refractivity contribution < 1.29 is 67.5 Å². The Balaban J connectivity index is 0.847. The van der Waals surface area contributed by atoms with Crippen molar-refractivity contribution >= 4 is 53.1 Å². The Morgan fingerprint density at radius 2 is 1.34 bits per heavy atom. The molecule has 8 amide bonds. The number of unbranched alkanes of at least 4 members (excludes halogenated alkanes) is 6. The standard InChI is InChI=1S/C65H83N7O14/c1-39(2)46(16-11-8-7-9-12-25-69-58(75)22-23-59(69)76)60(77)68-49(17-15-24-67-64(66)81)53(73)31-43-18-20-44(21-19-43)38-86-65(82)72-50-35-55(42(5)30-48(50)62(79)71-37-41(4)29-52(71)63(72)80)84-26-13-10-14-27-85-57-33-45-32-54(74)51-28-40(3)36-70(51)61(78)47(45)34-56(57)83-6/h18-23,30,33-35,39,46,49,51-52,54,63,74,80H,3-4,7-17,24-29,31-32,36-38H2,1-2,5-6H3,(H,68,77)(H3,66,67,81)/t46-,49-,51-,52-,54+,63-/m0/s1. The molecule has 0 aromatic heterocycles. The number of amides is 8. The predicted molar refractivity (Wildman–Crippen MR) is 320 cm³/mol. The number of aliphatic hydroxyl groups excluding tert-OH is 2. The molecule has 5 aliphatic rings. The number of anilines is 1. The number of ether oxygens (including phenoxy) is 4. The second kappa shape index (κ2) is 29.4. The van der Waals surface area contributed by atoms with Crippen molar-refractivity contribution in [3.05, 3.63) is 118 Å². The van der Waals surface area contributed by atoms with E-state index in [0.717, 1.165) is 48.2 Å². The molecule has 0 unspecified atom stereocenters. The number of nitrogens with zero attached hydrogens (tertiary/aromatic N) is 4. The summed E-state index contributed by atoms with van der Waals surface area (Å²) in [5.41, 5.74) is 10.3. The number of nitrogens with two attached hydrogens (primary N) is 1. The van der Waals surface area contributed by atoms with Gasteiger partial charge in [0.1, 0.15) is 12.4 Å². The Hall–Kier alpha value is -8.04. The Morgan fingerprint density at radius 1 is 0.721 bits per heavy atom. The van der Waals surface area contributed by atoms with Gasteiger partial charge in [-0.25, -0.2) is 14.5 Å². The zero-order valence-corrected chi connectivity index (χ0v) is 49.9. The summed E-state index contributed by atoms with van der Waals surface area (Å²) in [4.78, 5) is 110. The fourth-order valence-electron chi connectivity index (χ4n) is 12.1. The smallest absolute Gasteiger partial charge is 0.416 e. The molecule has 3 aromatic carbocycles. The molecule has 6 N–H and O–H groups in total. The number of nitrogens with one attached hydrogen (secondary N) is 2. The van der Waals surface area contributed by atoms with E-state index in [0.29, 0.717) is 116 Å². The fraction of sp³-hybridized carbons (Fsp3) is 0.508. The molecule has 6 atom stereocenters. The fourth-order valence-corrected chi connectivity index (χ4v) is 12.1. The minimum atomic E-state index is -1.49. The monoisotopic (exact) mass is 1190 g/mol. The third kappa shape index (κ3) is 15.7. The number of imide groups is 1. The van der Waals surface area contributed by atoms with E-state index in [4.69, 9.17) is 24.7 Å². The van der Waals surface area contributed by atoms with Gasteiger partial charge in [0.15, 0.2) is 23.5 Å². The Kier molecular flexibility index (Phi) is 21.8. The number of Topliss-reactive ketones (excluding diaryl/α,β-unsaturated/α-hetero) is 1. The van der Waals surface area contributed by atoms with Gasteiger partial charge in [-0.1, -0.05) is 88.1 Å². The van der Waals surface area contributed by atoms with E-state index in [1.54, 1.807) is 53.4 Å². The van der Waals surface area contributed by atoms with Gasteiger partial charge in [0, 0.05) is 68.7 Å². The zero-order chi connectivity index (χ0) is 61.8. The number of urea groups is 1. The molecule has 462 valence electrons. The van der Waals surface area contributed by atoms with Crippen LogP contribution in [-0.4, -0.2) is 149 Å². The lowest BCUT2D eigenvalue weighted by Gasteiger charge is -2.31. The van der Waals surface area contributed by atoms with Crippen LogP contribution in [0.4, 0.5) is 15.3 Å². The van der Waals surface area contributed by atoms with Crippen LogP contribution in [0.1, 0.15) is 140 Å². The second-order valence-corrected chi connectivity index (χ2v) is 23.6. The van der Waals surface area contributed by atoms with Crippen molar-refractivity contribution in [3.8, 4) is 17.2 Å². The molecule has 8 rings (SSSR count). The van der Waals surface area contributed by atoms with Gasteiger partial charge >= 0.3 is 12.1 Å². The second-order valence-electron chi connectivity index (χ2n) is 23.6. The number of aliphatic hydroxyl groups is 2. The van der Waals surface area contributed by atoms with Crippen LogP contribution < -0.4 is 35.5 Å². The highest BCUT2D eigenvalue weighted by molar-refractivity contribution is 6.13. The Labute approximate surface area is 502 Å². The van der Waals surface area contributed by atoms with Crippen molar-refractivity contribution in [2.45, 2.75) is 154 Å². The molecule has 86 heavy (non-hydrogen) atoms. The number of carbonyl (C=O) groups is 8. The molecule has 2 fully saturated rings. The highest BCUT2D eigenvalue weighted by Gasteiger charge is 2.46. The van der Waals surface area contributed by atoms with Gasteiger partial charge in [-0.15, -0.1) is 0 Å². The summed E-state index contributed by atoms with van der Waals surface area (Å²) in [6.07, 6.45) is 7.92. The number of benzene rings is 3. The highest BCUT2D eigenvalue weighted by atomic mass is 16.6. The van der Waals surface area contributed by atoms with Gasteiger partial charge in [0.25, 0.3) is 23.6 Å². The van der Waals surface area contributed by atoms with Crippen molar-refractivity contribution in [2.75, 3.05) is 51.4 Å². The largest absolute Gasteiger partial charge is 0.493 e. The molecule has 0 spiro atoms. The van der Waals surface area contributed by atoms with Gasteiger partial charge in [0.2, 0.25) is 5.91 Å². The lowest BCUT2D eigenvalue weighted by Crippen LogP contribution is -2.50. The first-order valence-electron chi connectivity index (χ1n) is 30.1. The topological polar surface area (TPSA) is 277 Å². The molecule has 0 bridgehead atoms. The first kappa shape index (κ1) is 64.0. The molecular weight excluding hydrogens is 1100 g/mol. The highest BCUT2D eigenvalue weighted by Crippen LogP contribution is 2.41. The molecular formula is C65H83N7O14. The number of rotatable bonds is 29. The van der Waals surface area contributed by atoms with Crippen molar-refractivity contribution in [1.29, 1.82) is 0 Å². The summed E-state index contributed by atoms with van der Waals surface area (Å²) in [5.74, 6) is -0.585. The lowest BCUT2D eigenvalue weighted by molar-refractivity contribution is -0.137. The minimum absolute atomic E-state index is 0.00352. The summed E-state index contributed by atoms with van der Waals surface area (Å²) in [6, 6.07) is 11.0. The summed E-state index contributed by atoms with van der Waals surface area (Å²) in [6.45, 7) is 15.5.